The van der Waals surface area contributed by atoms with Gasteiger partial charge in [-0.15, -0.1) is 0 Å². The highest BCUT2D eigenvalue weighted by Gasteiger charge is 2.35. The van der Waals surface area contributed by atoms with E-state index in [4.69, 9.17) is 0 Å². The molecule has 3 nitrogen and oxygen atoms in total. The maximum absolute atomic E-state index is 12.6. The van der Waals surface area contributed by atoms with Crippen LogP contribution in [0.3, 0.4) is 0 Å². The van der Waals surface area contributed by atoms with Gasteiger partial charge in [0, 0.05) is 0 Å². The molecule has 0 N–H and O–H groups in total. The molecule has 0 saturated carbocycles. The molecule has 0 radical (unpaired) electrons. The molecule has 0 aliphatic carbocycles. The number of carbonyl (C=O) groups is 1. The molecule has 0 aliphatic rings. The molecule has 0 fully saturated rings. The SMILES string of the molecule is COC(=O)C(OCC(F)(F)F)c1cccc(C(F)(F)F)c1. The first-order valence-corrected chi connectivity index (χ1v) is 5.48. The molecule has 1 rings (SSSR count). The smallest absolute Gasteiger partial charge is 0.416 e. The molecule has 1 unspecified atom stereocenters. The average molecular weight is 316 g/mol. The third-order valence-corrected chi connectivity index (χ3v) is 2.35. The number of ether oxygens (including phenoxy) is 2. The molecule has 1 aromatic rings. The lowest BCUT2D eigenvalue weighted by Crippen LogP contribution is -2.25. The maximum Gasteiger partial charge on any atom is 0.416 e. The van der Waals surface area contributed by atoms with Crippen molar-refractivity contribution in [1.29, 1.82) is 0 Å². The van der Waals surface area contributed by atoms with Crippen molar-refractivity contribution in [2.24, 2.45) is 0 Å². The van der Waals surface area contributed by atoms with Crippen LogP contribution in [0, 0.1) is 0 Å². The first-order valence-electron chi connectivity index (χ1n) is 5.48. The van der Waals surface area contributed by atoms with E-state index in [1.807, 2.05) is 0 Å². The molecule has 0 spiro atoms. The zero-order valence-electron chi connectivity index (χ0n) is 10.6. The van der Waals surface area contributed by atoms with Crippen molar-refractivity contribution >= 4 is 5.97 Å². The Morgan fingerprint density at radius 2 is 1.81 bits per heavy atom. The summed E-state index contributed by atoms with van der Waals surface area (Å²) in [5.41, 5.74) is -1.48. The average Bonchev–Trinajstić information content (AvgIpc) is 2.36. The molecule has 1 atom stereocenters. The van der Waals surface area contributed by atoms with Gasteiger partial charge < -0.3 is 9.47 Å². The minimum atomic E-state index is -4.73. The fourth-order valence-corrected chi connectivity index (χ4v) is 1.46. The Hall–Kier alpha value is -1.77. The van der Waals surface area contributed by atoms with Crippen LogP contribution in [-0.4, -0.2) is 25.9 Å². The van der Waals surface area contributed by atoms with E-state index >= 15 is 0 Å². The van der Waals surface area contributed by atoms with Gasteiger partial charge in [0.1, 0.15) is 6.61 Å². The monoisotopic (exact) mass is 316 g/mol. The molecule has 118 valence electrons. The second-order valence-corrected chi connectivity index (χ2v) is 3.95. The van der Waals surface area contributed by atoms with Crippen LogP contribution >= 0.6 is 0 Å². The lowest BCUT2D eigenvalue weighted by atomic mass is 10.1. The Labute approximate surface area is 115 Å². The van der Waals surface area contributed by atoms with Crippen molar-refractivity contribution in [3.05, 3.63) is 35.4 Å². The van der Waals surface area contributed by atoms with E-state index in [2.05, 4.69) is 9.47 Å². The number of esters is 1. The van der Waals surface area contributed by atoms with Gasteiger partial charge in [0.2, 0.25) is 0 Å². The molecular weight excluding hydrogens is 306 g/mol. The molecular formula is C12H10F6O3. The van der Waals surface area contributed by atoms with Gasteiger partial charge in [0.05, 0.1) is 12.7 Å². The zero-order valence-corrected chi connectivity index (χ0v) is 10.6. The zero-order chi connectivity index (χ0) is 16.3. The lowest BCUT2D eigenvalue weighted by Gasteiger charge is -2.18. The first kappa shape index (κ1) is 17.3. The Kier molecular flexibility index (Phi) is 5.21. The van der Waals surface area contributed by atoms with E-state index < -0.39 is 36.6 Å². The number of hydrogen-bond acceptors (Lipinski definition) is 3. The Balaban J connectivity index is 3.06. The highest BCUT2D eigenvalue weighted by Crippen LogP contribution is 2.32. The van der Waals surface area contributed by atoms with Gasteiger partial charge >= 0.3 is 18.3 Å². The van der Waals surface area contributed by atoms with Crippen LogP contribution in [0.25, 0.3) is 0 Å². The molecule has 21 heavy (non-hydrogen) atoms. The summed E-state index contributed by atoms with van der Waals surface area (Å²) in [5, 5.41) is 0. The molecule has 0 bridgehead atoms. The maximum atomic E-state index is 12.6. The summed E-state index contributed by atoms with van der Waals surface area (Å²) >= 11 is 0. The van der Waals surface area contributed by atoms with Crippen LogP contribution in [0.5, 0.6) is 0 Å². The van der Waals surface area contributed by atoms with Crippen LogP contribution in [0.4, 0.5) is 26.3 Å². The van der Waals surface area contributed by atoms with E-state index in [1.54, 1.807) is 0 Å². The van der Waals surface area contributed by atoms with Crippen molar-refractivity contribution in [3.8, 4) is 0 Å². The second-order valence-electron chi connectivity index (χ2n) is 3.95. The first-order chi connectivity index (χ1) is 9.54. The van der Waals surface area contributed by atoms with Gasteiger partial charge in [-0.3, -0.25) is 0 Å². The van der Waals surface area contributed by atoms with Crippen molar-refractivity contribution < 1.29 is 40.6 Å². The fraction of sp³-hybridized carbons (Fsp3) is 0.417. The van der Waals surface area contributed by atoms with E-state index in [1.165, 1.54) is 0 Å². The molecule has 0 aliphatic heterocycles. The molecule has 0 amide bonds. The van der Waals surface area contributed by atoms with Gasteiger partial charge in [0.15, 0.2) is 6.10 Å². The van der Waals surface area contributed by atoms with Crippen LogP contribution in [0.1, 0.15) is 17.2 Å². The van der Waals surface area contributed by atoms with Crippen molar-refractivity contribution in [3.63, 3.8) is 0 Å². The third-order valence-electron chi connectivity index (χ3n) is 2.35. The molecule has 0 heterocycles. The minimum absolute atomic E-state index is 0.374. The number of halogens is 6. The number of carbonyl (C=O) groups excluding carboxylic acids is 1. The summed E-state index contributed by atoms with van der Waals surface area (Å²) in [7, 11) is 0.889. The van der Waals surface area contributed by atoms with Crippen LogP contribution in [0.15, 0.2) is 24.3 Å². The van der Waals surface area contributed by atoms with Gasteiger partial charge in [-0.1, -0.05) is 12.1 Å². The topological polar surface area (TPSA) is 35.5 Å². The minimum Gasteiger partial charge on any atom is -0.467 e. The van der Waals surface area contributed by atoms with Gasteiger partial charge in [-0.05, 0) is 17.7 Å². The van der Waals surface area contributed by atoms with E-state index in [0.29, 0.717) is 6.07 Å². The van der Waals surface area contributed by atoms with Gasteiger partial charge in [0.25, 0.3) is 0 Å². The molecule has 9 heteroatoms. The van der Waals surface area contributed by atoms with Crippen LogP contribution < -0.4 is 0 Å². The normalized spacial score (nSPS) is 13.9. The number of hydrogen-bond donors (Lipinski definition) is 0. The lowest BCUT2D eigenvalue weighted by molar-refractivity contribution is -0.194. The standard InChI is InChI=1S/C12H10F6O3/c1-20-10(19)9(21-6-11(13,14)15)7-3-2-4-8(5-7)12(16,17)18/h2-5,9H,6H2,1H3. The van der Waals surface area contributed by atoms with Crippen molar-refractivity contribution in [2.45, 2.75) is 18.5 Å². The van der Waals surface area contributed by atoms with Crippen molar-refractivity contribution in [1.82, 2.24) is 0 Å². The molecule has 0 saturated heterocycles. The third kappa shape index (κ3) is 5.25. The second kappa shape index (κ2) is 6.33. The van der Waals surface area contributed by atoms with Gasteiger partial charge in [-0.25, -0.2) is 4.79 Å². The summed E-state index contributed by atoms with van der Waals surface area (Å²) in [6.45, 7) is -1.79. The summed E-state index contributed by atoms with van der Waals surface area (Å²) in [4.78, 5) is 11.4. The summed E-state index contributed by atoms with van der Waals surface area (Å²) in [6, 6.07) is 3.28. The van der Waals surface area contributed by atoms with E-state index in [-0.39, 0.29) is 5.56 Å². The highest BCUT2D eigenvalue weighted by molar-refractivity contribution is 5.76. The quantitative estimate of drug-likeness (QED) is 0.630. The largest absolute Gasteiger partial charge is 0.467 e. The van der Waals surface area contributed by atoms with Crippen LogP contribution in [0.2, 0.25) is 0 Å². The van der Waals surface area contributed by atoms with E-state index in [9.17, 15) is 31.1 Å². The molecule has 1 aromatic carbocycles. The van der Waals surface area contributed by atoms with Gasteiger partial charge in [-0.2, -0.15) is 26.3 Å². The Bertz CT molecular complexity index is 495. The number of rotatable bonds is 4. The Morgan fingerprint density at radius 1 is 1.19 bits per heavy atom. The molecule has 0 aromatic heterocycles. The van der Waals surface area contributed by atoms with Crippen molar-refractivity contribution in [2.75, 3.05) is 13.7 Å². The summed E-state index contributed by atoms with van der Waals surface area (Å²) in [5.74, 6) is -1.22. The fourth-order valence-electron chi connectivity index (χ4n) is 1.46. The summed E-state index contributed by atoms with van der Waals surface area (Å²) < 4.78 is 82.6. The Morgan fingerprint density at radius 3 is 2.29 bits per heavy atom. The predicted octanol–water partition coefficient (Wildman–Crippen LogP) is 3.50. The number of methoxy groups -OCH3 is 1. The number of benzene rings is 1. The summed E-state index contributed by atoms with van der Waals surface area (Å²) in [6.07, 6.45) is -11.3. The van der Waals surface area contributed by atoms with Crippen LogP contribution in [-0.2, 0) is 20.4 Å². The number of alkyl halides is 6. The van der Waals surface area contributed by atoms with E-state index in [0.717, 1.165) is 25.3 Å². The highest BCUT2D eigenvalue weighted by atomic mass is 19.4. The predicted molar refractivity (Wildman–Crippen MR) is 58.2 cm³/mol.